The molecule has 0 aliphatic rings. The minimum Gasteiger partial charge on any atom is -0.495 e. The molecule has 0 unspecified atom stereocenters. The Morgan fingerprint density at radius 2 is 1.91 bits per heavy atom. The number of aryl methyl sites for hydroxylation is 1. The van der Waals surface area contributed by atoms with Gasteiger partial charge >= 0.3 is 0 Å². The molecule has 0 aliphatic heterocycles. The standard InChI is InChI=1S/C17H25ClN2O3/c1-11-9-14(15(23-6)10-13(11)18)20(12(2)21)8-7-16(22)19-17(3,4)5/h9-10H,7-8H2,1-6H3,(H,19,22). The number of hydrogen-bond donors (Lipinski definition) is 1. The summed E-state index contributed by atoms with van der Waals surface area (Å²) in [6, 6.07) is 3.47. The predicted molar refractivity (Wildman–Crippen MR) is 93.3 cm³/mol. The summed E-state index contributed by atoms with van der Waals surface area (Å²) in [5.41, 5.74) is 1.16. The summed E-state index contributed by atoms with van der Waals surface area (Å²) in [6.45, 7) is 9.34. The van der Waals surface area contributed by atoms with Gasteiger partial charge in [-0.1, -0.05) is 11.6 Å². The molecular weight excluding hydrogens is 316 g/mol. The Labute approximate surface area is 142 Å². The molecule has 0 saturated heterocycles. The molecule has 0 fully saturated rings. The number of halogens is 1. The lowest BCUT2D eigenvalue weighted by molar-refractivity contribution is -0.122. The molecule has 1 aromatic carbocycles. The van der Waals surface area contributed by atoms with E-state index >= 15 is 0 Å². The van der Waals surface area contributed by atoms with Gasteiger partial charge in [-0.15, -0.1) is 0 Å². The monoisotopic (exact) mass is 340 g/mol. The average Bonchev–Trinajstić information content (AvgIpc) is 2.40. The van der Waals surface area contributed by atoms with E-state index in [1.807, 2.05) is 27.7 Å². The van der Waals surface area contributed by atoms with Crippen molar-refractivity contribution in [2.45, 2.75) is 46.6 Å². The van der Waals surface area contributed by atoms with Crippen molar-refractivity contribution in [1.29, 1.82) is 0 Å². The summed E-state index contributed by atoms with van der Waals surface area (Å²) in [5, 5.41) is 3.45. The largest absolute Gasteiger partial charge is 0.495 e. The molecular formula is C17H25ClN2O3. The van der Waals surface area contributed by atoms with E-state index in [9.17, 15) is 9.59 Å². The van der Waals surface area contributed by atoms with E-state index in [4.69, 9.17) is 16.3 Å². The van der Waals surface area contributed by atoms with Crippen LogP contribution in [0.3, 0.4) is 0 Å². The highest BCUT2D eigenvalue weighted by Crippen LogP contribution is 2.34. The molecule has 0 radical (unpaired) electrons. The summed E-state index contributed by atoms with van der Waals surface area (Å²) in [6.07, 6.45) is 0.210. The van der Waals surface area contributed by atoms with Crippen LogP contribution in [0.25, 0.3) is 0 Å². The van der Waals surface area contributed by atoms with Crippen LogP contribution in [0.1, 0.15) is 39.7 Å². The first-order valence-corrected chi connectivity index (χ1v) is 7.86. The zero-order valence-corrected chi connectivity index (χ0v) is 15.4. The van der Waals surface area contributed by atoms with Crippen LogP contribution in [0.5, 0.6) is 5.75 Å². The van der Waals surface area contributed by atoms with E-state index in [1.54, 1.807) is 12.1 Å². The lowest BCUT2D eigenvalue weighted by Gasteiger charge is -2.25. The number of nitrogens with one attached hydrogen (secondary N) is 1. The van der Waals surface area contributed by atoms with Gasteiger partial charge in [0.05, 0.1) is 12.8 Å². The molecule has 23 heavy (non-hydrogen) atoms. The van der Waals surface area contributed by atoms with Gasteiger partial charge in [-0.2, -0.15) is 0 Å². The molecule has 0 heterocycles. The normalized spacial score (nSPS) is 11.1. The van der Waals surface area contributed by atoms with E-state index in [0.717, 1.165) is 5.56 Å². The maximum atomic E-state index is 12.0. The number of anilines is 1. The molecule has 0 aliphatic carbocycles. The molecule has 128 valence electrons. The number of methoxy groups -OCH3 is 1. The second-order valence-corrected chi connectivity index (χ2v) is 6.90. The molecule has 0 bridgehead atoms. The number of rotatable bonds is 5. The molecule has 0 spiro atoms. The van der Waals surface area contributed by atoms with E-state index < -0.39 is 0 Å². The van der Waals surface area contributed by atoms with Gasteiger partial charge in [-0.25, -0.2) is 0 Å². The Kier molecular flexibility index (Phi) is 6.45. The molecule has 1 rings (SSSR count). The Bertz CT molecular complexity index is 594. The van der Waals surface area contributed by atoms with Crippen molar-refractivity contribution >= 4 is 29.1 Å². The van der Waals surface area contributed by atoms with Crippen molar-refractivity contribution in [1.82, 2.24) is 5.32 Å². The van der Waals surface area contributed by atoms with Gasteiger partial charge in [0, 0.05) is 36.5 Å². The second kappa shape index (κ2) is 7.68. The van der Waals surface area contributed by atoms with Crippen molar-refractivity contribution in [3.8, 4) is 5.75 Å². The Hall–Kier alpha value is -1.75. The van der Waals surface area contributed by atoms with Crippen LogP contribution in [0.15, 0.2) is 12.1 Å². The number of amides is 2. The van der Waals surface area contributed by atoms with Crippen molar-refractivity contribution < 1.29 is 14.3 Å². The number of carbonyl (C=O) groups excluding carboxylic acids is 2. The number of hydrogen-bond acceptors (Lipinski definition) is 3. The molecule has 1 N–H and O–H groups in total. The van der Waals surface area contributed by atoms with Crippen LogP contribution >= 0.6 is 11.6 Å². The third-order valence-corrected chi connectivity index (χ3v) is 3.62. The van der Waals surface area contributed by atoms with Gasteiger partial charge in [-0.3, -0.25) is 9.59 Å². The van der Waals surface area contributed by atoms with Crippen molar-refractivity contribution in [2.24, 2.45) is 0 Å². The molecule has 5 nitrogen and oxygen atoms in total. The summed E-state index contributed by atoms with van der Waals surface area (Å²) < 4.78 is 5.32. The molecule has 0 aromatic heterocycles. The Morgan fingerprint density at radius 3 is 2.39 bits per heavy atom. The third-order valence-electron chi connectivity index (χ3n) is 3.21. The average molecular weight is 341 g/mol. The van der Waals surface area contributed by atoms with Crippen molar-refractivity contribution in [3.05, 3.63) is 22.7 Å². The molecule has 0 atom stereocenters. The Morgan fingerprint density at radius 1 is 1.30 bits per heavy atom. The first-order valence-electron chi connectivity index (χ1n) is 7.48. The fourth-order valence-corrected chi connectivity index (χ4v) is 2.32. The van der Waals surface area contributed by atoms with E-state index in [1.165, 1.54) is 18.9 Å². The maximum absolute atomic E-state index is 12.0. The van der Waals surface area contributed by atoms with Gasteiger partial charge in [0.15, 0.2) is 0 Å². The second-order valence-electron chi connectivity index (χ2n) is 6.49. The Balaban J connectivity index is 2.98. The zero-order valence-electron chi connectivity index (χ0n) is 14.6. The minimum atomic E-state index is -0.299. The van der Waals surface area contributed by atoms with Gasteiger partial charge in [0.2, 0.25) is 11.8 Å². The fraction of sp³-hybridized carbons (Fsp3) is 0.529. The molecule has 0 saturated carbocycles. The van der Waals surface area contributed by atoms with E-state index in [0.29, 0.717) is 16.5 Å². The van der Waals surface area contributed by atoms with E-state index in [-0.39, 0.29) is 30.3 Å². The SMILES string of the molecule is COc1cc(Cl)c(C)cc1N(CCC(=O)NC(C)(C)C)C(C)=O. The van der Waals surface area contributed by atoms with E-state index in [2.05, 4.69) is 5.32 Å². The predicted octanol–water partition coefficient (Wildman–Crippen LogP) is 3.31. The number of carbonyl (C=O) groups is 2. The van der Waals surface area contributed by atoms with Crippen LogP contribution in [0, 0.1) is 6.92 Å². The van der Waals surface area contributed by atoms with Crippen LogP contribution in [-0.4, -0.2) is 31.0 Å². The summed E-state index contributed by atoms with van der Waals surface area (Å²) in [7, 11) is 1.52. The van der Waals surface area contributed by atoms with Gasteiger partial charge in [-0.05, 0) is 39.3 Å². The highest BCUT2D eigenvalue weighted by molar-refractivity contribution is 6.31. The smallest absolute Gasteiger partial charge is 0.223 e. The topological polar surface area (TPSA) is 58.6 Å². The highest BCUT2D eigenvalue weighted by atomic mass is 35.5. The summed E-state index contributed by atoms with van der Waals surface area (Å²) in [5.74, 6) is 0.244. The molecule has 6 heteroatoms. The number of nitrogens with zero attached hydrogens (tertiary/aromatic N) is 1. The van der Waals surface area contributed by atoms with Crippen LogP contribution in [0.4, 0.5) is 5.69 Å². The van der Waals surface area contributed by atoms with Crippen LogP contribution in [-0.2, 0) is 9.59 Å². The molecule has 1 aromatic rings. The van der Waals surface area contributed by atoms with Gasteiger partial charge < -0.3 is 15.0 Å². The van der Waals surface area contributed by atoms with Crippen molar-refractivity contribution in [3.63, 3.8) is 0 Å². The van der Waals surface area contributed by atoms with Crippen LogP contribution < -0.4 is 15.0 Å². The fourth-order valence-electron chi connectivity index (χ4n) is 2.16. The first-order chi connectivity index (χ1) is 10.5. The third kappa shape index (κ3) is 5.75. The van der Waals surface area contributed by atoms with Gasteiger partial charge in [0.25, 0.3) is 0 Å². The lowest BCUT2D eigenvalue weighted by atomic mass is 10.1. The van der Waals surface area contributed by atoms with Gasteiger partial charge in [0.1, 0.15) is 5.75 Å². The van der Waals surface area contributed by atoms with Crippen LogP contribution in [0.2, 0.25) is 5.02 Å². The summed E-state index contributed by atoms with van der Waals surface area (Å²) >= 11 is 6.10. The number of ether oxygens (including phenoxy) is 1. The maximum Gasteiger partial charge on any atom is 0.223 e. The quantitative estimate of drug-likeness (QED) is 0.894. The highest BCUT2D eigenvalue weighted by Gasteiger charge is 2.20. The minimum absolute atomic E-state index is 0.103. The van der Waals surface area contributed by atoms with Crippen molar-refractivity contribution in [2.75, 3.05) is 18.6 Å². The first kappa shape index (κ1) is 19.3. The summed E-state index contributed by atoms with van der Waals surface area (Å²) in [4.78, 5) is 25.5. The lowest BCUT2D eigenvalue weighted by Crippen LogP contribution is -2.42. The number of benzene rings is 1. The molecule has 2 amide bonds. The zero-order chi connectivity index (χ0) is 17.8.